The van der Waals surface area contributed by atoms with Crippen molar-refractivity contribution in [1.29, 1.82) is 0 Å². The van der Waals surface area contributed by atoms with Crippen LogP contribution in [-0.4, -0.2) is 35.6 Å². The highest BCUT2D eigenvalue weighted by atomic mass is 15.2. The second kappa shape index (κ2) is 5.61. The third-order valence-electron chi connectivity index (χ3n) is 4.16. The van der Waals surface area contributed by atoms with Gasteiger partial charge in [-0.3, -0.25) is 9.88 Å². The van der Waals surface area contributed by atoms with Crippen LogP contribution < -0.4 is 5.32 Å². The summed E-state index contributed by atoms with van der Waals surface area (Å²) < 4.78 is 0. The molecule has 1 fully saturated rings. The third-order valence-corrected chi connectivity index (χ3v) is 4.16. The van der Waals surface area contributed by atoms with Crippen molar-refractivity contribution in [3.8, 4) is 0 Å². The Morgan fingerprint density at radius 1 is 1.41 bits per heavy atom. The lowest BCUT2D eigenvalue weighted by Gasteiger charge is -2.42. The largest absolute Gasteiger partial charge is 0.317 e. The van der Waals surface area contributed by atoms with Crippen molar-refractivity contribution >= 4 is 0 Å². The van der Waals surface area contributed by atoms with E-state index in [4.69, 9.17) is 0 Å². The summed E-state index contributed by atoms with van der Waals surface area (Å²) in [5.41, 5.74) is 1.18. The number of hydrogen-bond donors (Lipinski definition) is 1. The molecule has 1 aliphatic heterocycles. The SMILES string of the molecule is CNC1CCN(Cc2ccccn2)C(C)C1C. The lowest BCUT2D eigenvalue weighted by Crippen LogP contribution is -2.52. The van der Waals surface area contributed by atoms with E-state index in [1.807, 2.05) is 12.3 Å². The molecule has 2 heterocycles. The summed E-state index contributed by atoms with van der Waals surface area (Å²) in [4.78, 5) is 6.96. The van der Waals surface area contributed by atoms with Gasteiger partial charge in [0, 0.05) is 31.4 Å². The molecule has 3 atom stereocenters. The predicted octanol–water partition coefficient (Wildman–Crippen LogP) is 1.90. The first-order chi connectivity index (χ1) is 8.22. The minimum absolute atomic E-state index is 0.614. The summed E-state index contributed by atoms with van der Waals surface area (Å²) in [6.45, 7) is 6.81. The van der Waals surface area contributed by atoms with E-state index >= 15 is 0 Å². The Morgan fingerprint density at radius 3 is 2.88 bits per heavy atom. The van der Waals surface area contributed by atoms with Crippen LogP contribution in [0.2, 0.25) is 0 Å². The van der Waals surface area contributed by atoms with Crippen LogP contribution in [0.15, 0.2) is 24.4 Å². The molecule has 1 aromatic rings. The van der Waals surface area contributed by atoms with Crippen LogP contribution in [0, 0.1) is 5.92 Å². The molecule has 3 nitrogen and oxygen atoms in total. The minimum Gasteiger partial charge on any atom is -0.317 e. The van der Waals surface area contributed by atoms with Crippen LogP contribution in [-0.2, 0) is 6.54 Å². The molecule has 94 valence electrons. The second-order valence-electron chi connectivity index (χ2n) is 5.08. The van der Waals surface area contributed by atoms with Gasteiger partial charge in [0.1, 0.15) is 0 Å². The Morgan fingerprint density at radius 2 is 2.24 bits per heavy atom. The van der Waals surface area contributed by atoms with Gasteiger partial charge in [-0.05, 0) is 38.4 Å². The zero-order valence-electron chi connectivity index (χ0n) is 11.1. The van der Waals surface area contributed by atoms with Crippen LogP contribution in [0.4, 0.5) is 0 Å². The Bertz CT molecular complexity index is 339. The summed E-state index contributed by atoms with van der Waals surface area (Å²) in [7, 11) is 2.07. The Balaban J connectivity index is 1.99. The van der Waals surface area contributed by atoms with Gasteiger partial charge in [0.2, 0.25) is 0 Å². The third kappa shape index (κ3) is 2.85. The summed E-state index contributed by atoms with van der Waals surface area (Å²) in [6.07, 6.45) is 3.11. The van der Waals surface area contributed by atoms with E-state index in [2.05, 4.69) is 48.2 Å². The van der Waals surface area contributed by atoms with Crippen LogP contribution in [0.5, 0.6) is 0 Å². The molecule has 0 aromatic carbocycles. The predicted molar refractivity (Wildman–Crippen MR) is 70.7 cm³/mol. The smallest absolute Gasteiger partial charge is 0.0544 e. The van der Waals surface area contributed by atoms with E-state index < -0.39 is 0 Å². The maximum atomic E-state index is 4.41. The normalized spacial score (nSPS) is 30.4. The Hall–Kier alpha value is -0.930. The van der Waals surface area contributed by atoms with E-state index in [0.717, 1.165) is 13.1 Å². The van der Waals surface area contributed by atoms with Crippen LogP contribution >= 0.6 is 0 Å². The average molecular weight is 233 g/mol. The van der Waals surface area contributed by atoms with E-state index in [-0.39, 0.29) is 0 Å². The molecule has 2 rings (SSSR count). The molecule has 1 saturated heterocycles. The summed E-state index contributed by atoms with van der Waals surface area (Å²) in [5.74, 6) is 0.692. The molecule has 1 N–H and O–H groups in total. The average Bonchev–Trinajstić information content (AvgIpc) is 2.37. The maximum Gasteiger partial charge on any atom is 0.0544 e. The number of pyridine rings is 1. The fraction of sp³-hybridized carbons (Fsp3) is 0.643. The lowest BCUT2D eigenvalue weighted by molar-refractivity contribution is 0.0800. The molecule has 1 aromatic heterocycles. The Kier molecular flexibility index (Phi) is 4.13. The molecule has 1 aliphatic rings. The van der Waals surface area contributed by atoms with Crippen molar-refractivity contribution in [1.82, 2.24) is 15.2 Å². The van der Waals surface area contributed by atoms with Gasteiger partial charge in [-0.1, -0.05) is 13.0 Å². The highest BCUT2D eigenvalue weighted by Gasteiger charge is 2.31. The van der Waals surface area contributed by atoms with Gasteiger partial charge in [-0.2, -0.15) is 0 Å². The van der Waals surface area contributed by atoms with Crippen molar-refractivity contribution in [3.05, 3.63) is 30.1 Å². The molecule has 0 bridgehead atoms. The first-order valence-electron chi connectivity index (χ1n) is 6.53. The summed E-state index contributed by atoms with van der Waals surface area (Å²) in [5, 5.41) is 3.43. The van der Waals surface area contributed by atoms with Gasteiger partial charge in [0.15, 0.2) is 0 Å². The second-order valence-corrected chi connectivity index (χ2v) is 5.08. The number of nitrogens with one attached hydrogen (secondary N) is 1. The van der Waals surface area contributed by atoms with E-state index in [0.29, 0.717) is 18.0 Å². The topological polar surface area (TPSA) is 28.2 Å². The molecular weight excluding hydrogens is 210 g/mol. The molecule has 3 unspecified atom stereocenters. The number of nitrogens with zero attached hydrogens (tertiary/aromatic N) is 2. The highest BCUT2D eigenvalue weighted by molar-refractivity contribution is 5.04. The van der Waals surface area contributed by atoms with Crippen LogP contribution in [0.1, 0.15) is 26.0 Å². The van der Waals surface area contributed by atoms with E-state index in [9.17, 15) is 0 Å². The van der Waals surface area contributed by atoms with E-state index in [1.54, 1.807) is 0 Å². The fourth-order valence-electron chi connectivity index (χ4n) is 2.77. The molecule has 0 aliphatic carbocycles. The molecular formula is C14H23N3. The first-order valence-corrected chi connectivity index (χ1v) is 6.53. The van der Waals surface area contributed by atoms with Crippen molar-refractivity contribution in [2.45, 2.75) is 38.9 Å². The van der Waals surface area contributed by atoms with Gasteiger partial charge >= 0.3 is 0 Å². The maximum absolute atomic E-state index is 4.41. The summed E-state index contributed by atoms with van der Waals surface area (Å²) in [6, 6.07) is 7.43. The molecule has 17 heavy (non-hydrogen) atoms. The quantitative estimate of drug-likeness (QED) is 0.864. The van der Waals surface area contributed by atoms with Crippen molar-refractivity contribution in [2.75, 3.05) is 13.6 Å². The van der Waals surface area contributed by atoms with Crippen molar-refractivity contribution in [2.24, 2.45) is 5.92 Å². The number of hydrogen-bond acceptors (Lipinski definition) is 3. The van der Waals surface area contributed by atoms with Crippen LogP contribution in [0.25, 0.3) is 0 Å². The van der Waals surface area contributed by atoms with Gasteiger partial charge in [0.05, 0.1) is 5.69 Å². The van der Waals surface area contributed by atoms with Crippen molar-refractivity contribution in [3.63, 3.8) is 0 Å². The molecule has 0 radical (unpaired) electrons. The molecule has 0 amide bonds. The standard InChI is InChI=1S/C14H23N3/c1-11-12(2)17(9-7-14(11)15-3)10-13-6-4-5-8-16-13/h4-6,8,11-12,14-15H,7,9-10H2,1-3H3. The van der Waals surface area contributed by atoms with E-state index in [1.165, 1.54) is 12.1 Å². The first kappa shape index (κ1) is 12.5. The zero-order valence-corrected chi connectivity index (χ0v) is 11.1. The molecule has 3 heteroatoms. The van der Waals surface area contributed by atoms with Crippen LogP contribution in [0.3, 0.4) is 0 Å². The van der Waals surface area contributed by atoms with Gasteiger partial charge in [-0.15, -0.1) is 0 Å². The number of rotatable bonds is 3. The monoisotopic (exact) mass is 233 g/mol. The number of likely N-dealkylation sites (tertiary alicyclic amines) is 1. The fourth-order valence-corrected chi connectivity index (χ4v) is 2.77. The van der Waals surface area contributed by atoms with Crippen molar-refractivity contribution < 1.29 is 0 Å². The van der Waals surface area contributed by atoms with Gasteiger partial charge in [-0.25, -0.2) is 0 Å². The Labute approximate surface area is 104 Å². The number of aromatic nitrogens is 1. The molecule has 0 saturated carbocycles. The molecule has 0 spiro atoms. The lowest BCUT2D eigenvalue weighted by atomic mass is 9.87. The summed E-state index contributed by atoms with van der Waals surface area (Å²) >= 11 is 0. The van der Waals surface area contributed by atoms with Gasteiger partial charge in [0.25, 0.3) is 0 Å². The highest BCUT2D eigenvalue weighted by Crippen LogP contribution is 2.24. The number of piperidine rings is 1. The minimum atomic E-state index is 0.614. The zero-order chi connectivity index (χ0) is 12.3. The van der Waals surface area contributed by atoms with Gasteiger partial charge < -0.3 is 5.32 Å².